The molecule has 1 saturated carbocycles. The van der Waals surface area contributed by atoms with Crippen molar-refractivity contribution >= 4 is 27.5 Å². The maximum absolute atomic E-state index is 11.7. The van der Waals surface area contributed by atoms with Crippen molar-refractivity contribution in [1.82, 2.24) is 0 Å². The zero-order valence-electron chi connectivity index (χ0n) is 9.66. The Morgan fingerprint density at radius 3 is 2.94 bits per heavy atom. The van der Waals surface area contributed by atoms with Crippen molar-refractivity contribution in [3.63, 3.8) is 0 Å². The molecule has 0 aromatic heterocycles. The first-order chi connectivity index (χ1) is 8.15. The third-order valence-corrected chi connectivity index (χ3v) is 3.53. The minimum Gasteiger partial charge on any atom is -0.327 e. The van der Waals surface area contributed by atoms with Gasteiger partial charge in [-0.15, -0.1) is 0 Å². The largest absolute Gasteiger partial charge is 0.327 e. The maximum atomic E-state index is 11.7. The van der Waals surface area contributed by atoms with Gasteiger partial charge in [0.05, 0.1) is 0 Å². The van der Waals surface area contributed by atoms with Gasteiger partial charge in [0, 0.05) is 22.6 Å². The van der Waals surface area contributed by atoms with Crippen LogP contribution in [0.1, 0.15) is 25.7 Å². The molecule has 0 spiro atoms. The van der Waals surface area contributed by atoms with Crippen LogP contribution in [0.15, 0.2) is 28.7 Å². The molecule has 1 fully saturated rings. The van der Waals surface area contributed by atoms with Gasteiger partial charge in [-0.05, 0) is 43.4 Å². The predicted octanol–water partition coefficient (Wildman–Crippen LogP) is 2.91. The van der Waals surface area contributed by atoms with Crippen LogP contribution < -0.4 is 11.1 Å². The van der Waals surface area contributed by atoms with Crippen LogP contribution in [0.3, 0.4) is 0 Å². The highest BCUT2D eigenvalue weighted by Gasteiger charge is 2.28. The summed E-state index contributed by atoms with van der Waals surface area (Å²) in [6.45, 7) is 0. The number of anilines is 1. The molecule has 3 nitrogen and oxygen atoms in total. The number of nitrogens with one attached hydrogen (secondary N) is 1. The first-order valence-electron chi connectivity index (χ1n) is 5.96. The highest BCUT2D eigenvalue weighted by Crippen LogP contribution is 2.33. The minimum absolute atomic E-state index is 0.0409. The molecule has 3 N–H and O–H groups in total. The third-order valence-electron chi connectivity index (χ3n) is 3.04. The van der Waals surface area contributed by atoms with E-state index in [0.29, 0.717) is 12.3 Å². The highest BCUT2D eigenvalue weighted by molar-refractivity contribution is 9.10. The number of hydrogen-bond donors (Lipinski definition) is 2. The van der Waals surface area contributed by atoms with Crippen molar-refractivity contribution < 1.29 is 4.79 Å². The lowest BCUT2D eigenvalue weighted by atomic mass is 10.1. The number of carbonyl (C=O) groups is 1. The van der Waals surface area contributed by atoms with E-state index in [0.717, 1.165) is 16.6 Å². The second-order valence-corrected chi connectivity index (χ2v) is 5.51. The zero-order valence-corrected chi connectivity index (χ0v) is 11.2. The number of nitrogens with two attached hydrogens (primary N) is 1. The first kappa shape index (κ1) is 12.6. The van der Waals surface area contributed by atoms with Crippen LogP contribution in [0.25, 0.3) is 0 Å². The van der Waals surface area contributed by atoms with Gasteiger partial charge in [-0.3, -0.25) is 4.79 Å². The second kappa shape index (κ2) is 5.65. The van der Waals surface area contributed by atoms with Gasteiger partial charge in [-0.2, -0.15) is 0 Å². The fourth-order valence-corrected chi connectivity index (χ4v) is 2.25. The van der Waals surface area contributed by atoms with E-state index < -0.39 is 0 Å². The van der Waals surface area contributed by atoms with E-state index in [1.54, 1.807) is 0 Å². The molecule has 1 amide bonds. The monoisotopic (exact) mass is 296 g/mol. The molecule has 0 bridgehead atoms. The fraction of sp³-hybridized carbons (Fsp3) is 0.462. The van der Waals surface area contributed by atoms with E-state index >= 15 is 0 Å². The van der Waals surface area contributed by atoms with Crippen molar-refractivity contribution in [2.75, 3.05) is 5.32 Å². The summed E-state index contributed by atoms with van der Waals surface area (Å²) < 4.78 is 0.963. The van der Waals surface area contributed by atoms with Crippen LogP contribution in [0.4, 0.5) is 5.69 Å². The van der Waals surface area contributed by atoms with Crippen LogP contribution in [0, 0.1) is 5.92 Å². The van der Waals surface area contributed by atoms with Crippen molar-refractivity contribution in [2.45, 2.75) is 31.7 Å². The summed E-state index contributed by atoms with van der Waals surface area (Å²) in [4.78, 5) is 11.7. The van der Waals surface area contributed by atoms with Gasteiger partial charge < -0.3 is 11.1 Å². The predicted molar refractivity (Wildman–Crippen MR) is 72.7 cm³/mol. The summed E-state index contributed by atoms with van der Waals surface area (Å²) in [5.74, 6) is 0.702. The Kier molecular flexibility index (Phi) is 4.18. The number of rotatable bonds is 5. The molecule has 1 atom stereocenters. The SMILES string of the molecule is NC(CCC(=O)Nc1cccc(Br)c1)C1CC1. The van der Waals surface area contributed by atoms with Crippen LogP contribution in [0.5, 0.6) is 0 Å². The average molecular weight is 297 g/mol. The molecular weight excluding hydrogens is 280 g/mol. The summed E-state index contributed by atoms with van der Waals surface area (Å²) in [6, 6.07) is 7.79. The summed E-state index contributed by atoms with van der Waals surface area (Å²) in [5.41, 5.74) is 6.78. The zero-order chi connectivity index (χ0) is 12.3. The topological polar surface area (TPSA) is 55.1 Å². The van der Waals surface area contributed by atoms with Gasteiger partial charge in [0.2, 0.25) is 5.91 Å². The molecule has 17 heavy (non-hydrogen) atoms. The standard InChI is InChI=1S/C13H17BrN2O/c14-10-2-1-3-11(8-10)16-13(17)7-6-12(15)9-4-5-9/h1-3,8-9,12H,4-7,15H2,(H,16,17). The van der Waals surface area contributed by atoms with Gasteiger partial charge in [-0.1, -0.05) is 22.0 Å². The van der Waals surface area contributed by atoms with Gasteiger partial charge in [0.25, 0.3) is 0 Å². The number of carbonyl (C=O) groups excluding carboxylic acids is 1. The van der Waals surface area contributed by atoms with Crippen LogP contribution in [-0.2, 0) is 4.79 Å². The molecule has 4 heteroatoms. The Bertz CT molecular complexity index is 404. The number of amides is 1. The van der Waals surface area contributed by atoms with Crippen molar-refractivity contribution in [1.29, 1.82) is 0 Å². The molecule has 0 heterocycles. The second-order valence-electron chi connectivity index (χ2n) is 4.60. The Morgan fingerprint density at radius 2 is 2.29 bits per heavy atom. The van der Waals surface area contributed by atoms with E-state index in [4.69, 9.17) is 5.73 Å². The maximum Gasteiger partial charge on any atom is 0.224 e. The van der Waals surface area contributed by atoms with Gasteiger partial charge in [-0.25, -0.2) is 0 Å². The smallest absolute Gasteiger partial charge is 0.224 e. The van der Waals surface area contributed by atoms with Crippen molar-refractivity contribution in [3.8, 4) is 0 Å². The molecule has 1 unspecified atom stereocenters. The van der Waals surface area contributed by atoms with Gasteiger partial charge in [0.1, 0.15) is 0 Å². The lowest BCUT2D eigenvalue weighted by molar-refractivity contribution is -0.116. The van der Waals surface area contributed by atoms with Crippen LogP contribution in [-0.4, -0.2) is 11.9 Å². The van der Waals surface area contributed by atoms with Gasteiger partial charge >= 0.3 is 0 Å². The van der Waals surface area contributed by atoms with E-state index in [-0.39, 0.29) is 11.9 Å². The Balaban J connectivity index is 1.76. The average Bonchev–Trinajstić information content (AvgIpc) is 3.09. The number of benzene rings is 1. The van der Waals surface area contributed by atoms with E-state index in [9.17, 15) is 4.79 Å². The molecule has 2 rings (SSSR count). The first-order valence-corrected chi connectivity index (χ1v) is 6.75. The number of hydrogen-bond acceptors (Lipinski definition) is 2. The molecule has 1 aromatic rings. The summed E-state index contributed by atoms with van der Waals surface area (Å²) in [7, 11) is 0. The Labute approximate surface area is 110 Å². The quantitative estimate of drug-likeness (QED) is 0.878. The molecule has 0 saturated heterocycles. The summed E-state index contributed by atoms with van der Waals surface area (Å²) in [6.07, 6.45) is 3.75. The summed E-state index contributed by atoms with van der Waals surface area (Å²) >= 11 is 3.37. The lowest BCUT2D eigenvalue weighted by Crippen LogP contribution is -2.24. The summed E-state index contributed by atoms with van der Waals surface area (Å²) in [5, 5.41) is 2.87. The normalized spacial score (nSPS) is 16.6. The van der Waals surface area contributed by atoms with Crippen LogP contribution in [0.2, 0.25) is 0 Å². The Morgan fingerprint density at radius 1 is 1.53 bits per heavy atom. The minimum atomic E-state index is 0.0409. The molecule has 92 valence electrons. The number of halogens is 1. The van der Waals surface area contributed by atoms with Crippen molar-refractivity contribution in [2.24, 2.45) is 11.7 Å². The van der Waals surface area contributed by atoms with E-state index in [1.807, 2.05) is 24.3 Å². The lowest BCUT2D eigenvalue weighted by Gasteiger charge is -2.10. The van der Waals surface area contributed by atoms with E-state index in [1.165, 1.54) is 12.8 Å². The molecular formula is C13H17BrN2O. The Hall–Kier alpha value is -0.870. The molecule has 1 aromatic carbocycles. The highest BCUT2D eigenvalue weighted by atomic mass is 79.9. The van der Waals surface area contributed by atoms with Crippen molar-refractivity contribution in [3.05, 3.63) is 28.7 Å². The molecule has 0 aliphatic heterocycles. The van der Waals surface area contributed by atoms with E-state index in [2.05, 4.69) is 21.2 Å². The third kappa shape index (κ3) is 4.13. The fourth-order valence-electron chi connectivity index (χ4n) is 1.85. The van der Waals surface area contributed by atoms with Gasteiger partial charge in [0.15, 0.2) is 0 Å². The molecule has 1 aliphatic carbocycles. The molecule has 1 aliphatic rings. The van der Waals surface area contributed by atoms with Crippen LogP contribution >= 0.6 is 15.9 Å². The molecule has 0 radical (unpaired) electrons.